The Kier molecular flexibility index (Phi) is 4.96. The molecular formula is C28H18N8O2. The standard InChI is InChI=1S/C28H18N8O2/c1-15-6-3-10-19-23(15)29-13-21(31-19)27-35-33-25(37-27)17-8-5-9-18(12-17)26-34-36-28(38-26)22-14-30-24-16(2)7-4-11-20(24)32-22/h3-14H,1-2H3. The predicted octanol–water partition coefficient (Wildman–Crippen LogP) is 5.62. The van der Waals surface area contributed by atoms with Crippen LogP contribution in [-0.4, -0.2) is 40.3 Å². The van der Waals surface area contributed by atoms with Crippen LogP contribution in [0.15, 0.2) is 81.9 Å². The minimum atomic E-state index is 0.284. The average molecular weight is 499 g/mol. The summed E-state index contributed by atoms with van der Waals surface area (Å²) in [6, 6.07) is 19.1. The molecule has 7 aromatic rings. The van der Waals surface area contributed by atoms with E-state index >= 15 is 0 Å². The van der Waals surface area contributed by atoms with Gasteiger partial charge in [-0.15, -0.1) is 20.4 Å². The topological polar surface area (TPSA) is 129 Å². The number of hydrogen-bond donors (Lipinski definition) is 0. The van der Waals surface area contributed by atoms with Crippen LogP contribution in [0.2, 0.25) is 0 Å². The summed E-state index contributed by atoms with van der Waals surface area (Å²) < 4.78 is 11.9. The van der Waals surface area contributed by atoms with E-state index in [2.05, 4.69) is 40.3 Å². The second-order valence-electron chi connectivity index (χ2n) is 8.80. The molecule has 10 heteroatoms. The maximum Gasteiger partial charge on any atom is 0.268 e. The first-order valence-electron chi connectivity index (χ1n) is 11.9. The zero-order valence-electron chi connectivity index (χ0n) is 20.3. The van der Waals surface area contributed by atoms with Crippen molar-refractivity contribution in [1.29, 1.82) is 0 Å². The Morgan fingerprint density at radius 1 is 0.526 bits per heavy atom. The molecule has 0 aliphatic heterocycles. The Morgan fingerprint density at radius 3 is 1.47 bits per heavy atom. The average Bonchev–Trinajstić information content (AvgIpc) is 3.64. The molecule has 182 valence electrons. The minimum Gasteiger partial charge on any atom is -0.415 e. The lowest BCUT2D eigenvalue weighted by molar-refractivity contribution is 0.580. The van der Waals surface area contributed by atoms with E-state index in [9.17, 15) is 0 Å². The van der Waals surface area contributed by atoms with Gasteiger partial charge in [0.2, 0.25) is 11.8 Å². The van der Waals surface area contributed by atoms with Gasteiger partial charge in [-0.2, -0.15) is 0 Å². The summed E-state index contributed by atoms with van der Waals surface area (Å²) in [5, 5.41) is 16.8. The summed E-state index contributed by atoms with van der Waals surface area (Å²) in [6.45, 7) is 3.99. The molecule has 38 heavy (non-hydrogen) atoms. The smallest absolute Gasteiger partial charge is 0.268 e. The molecule has 0 fully saturated rings. The normalized spacial score (nSPS) is 11.4. The Bertz CT molecular complexity index is 1840. The third-order valence-electron chi connectivity index (χ3n) is 6.19. The molecule has 0 atom stereocenters. The van der Waals surface area contributed by atoms with Gasteiger partial charge in [-0.05, 0) is 55.3 Å². The molecule has 4 heterocycles. The fourth-order valence-corrected chi connectivity index (χ4v) is 4.25. The van der Waals surface area contributed by atoms with Gasteiger partial charge in [-0.3, -0.25) is 9.97 Å². The van der Waals surface area contributed by atoms with Crippen molar-refractivity contribution in [3.8, 4) is 46.1 Å². The van der Waals surface area contributed by atoms with E-state index in [1.807, 2.05) is 74.5 Å². The summed E-state index contributed by atoms with van der Waals surface area (Å²) in [6.07, 6.45) is 3.28. The highest BCUT2D eigenvalue weighted by molar-refractivity contribution is 5.80. The zero-order valence-corrected chi connectivity index (χ0v) is 20.3. The SMILES string of the molecule is Cc1cccc2nc(-c3nnc(-c4cccc(-c5nnc(-c6cnc7c(C)cccc7n6)o5)c4)o3)cnc12. The lowest BCUT2D eigenvalue weighted by Gasteiger charge is -2.01. The van der Waals surface area contributed by atoms with Gasteiger partial charge in [0.25, 0.3) is 11.8 Å². The van der Waals surface area contributed by atoms with Gasteiger partial charge in [0, 0.05) is 11.1 Å². The highest BCUT2D eigenvalue weighted by Crippen LogP contribution is 2.29. The molecule has 0 amide bonds. The molecule has 0 aliphatic carbocycles. The van der Waals surface area contributed by atoms with E-state index in [1.54, 1.807) is 12.4 Å². The summed E-state index contributed by atoms with van der Waals surface area (Å²) in [5.74, 6) is 1.24. The predicted molar refractivity (Wildman–Crippen MR) is 140 cm³/mol. The van der Waals surface area contributed by atoms with Crippen molar-refractivity contribution in [3.63, 3.8) is 0 Å². The highest BCUT2D eigenvalue weighted by atomic mass is 16.4. The maximum absolute atomic E-state index is 5.94. The summed E-state index contributed by atoms with van der Waals surface area (Å²) in [4.78, 5) is 18.3. The number of hydrogen-bond acceptors (Lipinski definition) is 10. The second kappa shape index (κ2) is 8.63. The summed E-state index contributed by atoms with van der Waals surface area (Å²) in [7, 11) is 0. The fourth-order valence-electron chi connectivity index (χ4n) is 4.25. The van der Waals surface area contributed by atoms with E-state index < -0.39 is 0 Å². The molecule has 7 rings (SSSR count). The van der Waals surface area contributed by atoms with Crippen molar-refractivity contribution in [2.45, 2.75) is 13.8 Å². The molecule has 0 N–H and O–H groups in total. The Morgan fingerprint density at radius 2 is 0.974 bits per heavy atom. The minimum absolute atomic E-state index is 0.284. The number of fused-ring (bicyclic) bond motifs is 2. The van der Waals surface area contributed by atoms with E-state index in [-0.39, 0.29) is 11.8 Å². The number of rotatable bonds is 4. The number of benzene rings is 3. The van der Waals surface area contributed by atoms with E-state index in [0.29, 0.717) is 34.3 Å². The van der Waals surface area contributed by atoms with Gasteiger partial charge in [0.05, 0.1) is 34.5 Å². The van der Waals surface area contributed by atoms with Crippen LogP contribution < -0.4 is 0 Å². The van der Waals surface area contributed by atoms with Crippen LogP contribution in [0, 0.1) is 13.8 Å². The Hall–Kier alpha value is -5.38. The van der Waals surface area contributed by atoms with E-state index in [4.69, 9.17) is 8.83 Å². The summed E-state index contributed by atoms with van der Waals surface area (Å²) >= 11 is 0. The third kappa shape index (κ3) is 3.75. The number of para-hydroxylation sites is 2. The number of nitrogens with zero attached hydrogens (tertiary/aromatic N) is 8. The van der Waals surface area contributed by atoms with Gasteiger partial charge >= 0.3 is 0 Å². The van der Waals surface area contributed by atoms with Gasteiger partial charge in [0.15, 0.2) is 0 Å². The first kappa shape index (κ1) is 21.9. The van der Waals surface area contributed by atoms with E-state index in [1.165, 1.54) is 0 Å². The van der Waals surface area contributed by atoms with Crippen molar-refractivity contribution < 1.29 is 8.83 Å². The van der Waals surface area contributed by atoms with Crippen LogP contribution in [-0.2, 0) is 0 Å². The van der Waals surface area contributed by atoms with Crippen LogP contribution in [0.4, 0.5) is 0 Å². The van der Waals surface area contributed by atoms with Crippen LogP contribution in [0.25, 0.3) is 68.1 Å². The fraction of sp³-hybridized carbons (Fsp3) is 0.0714. The Labute approximate surface area is 215 Å². The van der Waals surface area contributed by atoms with Crippen LogP contribution in [0.1, 0.15) is 11.1 Å². The van der Waals surface area contributed by atoms with Gasteiger partial charge in [0.1, 0.15) is 11.4 Å². The molecule has 0 bridgehead atoms. The van der Waals surface area contributed by atoms with Crippen molar-refractivity contribution in [2.24, 2.45) is 0 Å². The number of aromatic nitrogens is 8. The third-order valence-corrected chi connectivity index (χ3v) is 6.19. The first-order chi connectivity index (χ1) is 18.6. The van der Waals surface area contributed by atoms with Crippen LogP contribution >= 0.6 is 0 Å². The molecule has 0 spiro atoms. The van der Waals surface area contributed by atoms with Crippen molar-refractivity contribution in [2.75, 3.05) is 0 Å². The first-order valence-corrected chi connectivity index (χ1v) is 11.9. The molecule has 3 aromatic carbocycles. The van der Waals surface area contributed by atoms with Crippen LogP contribution in [0.5, 0.6) is 0 Å². The van der Waals surface area contributed by atoms with E-state index in [0.717, 1.165) is 33.2 Å². The molecule has 0 radical (unpaired) electrons. The molecular weight excluding hydrogens is 480 g/mol. The van der Waals surface area contributed by atoms with Gasteiger partial charge < -0.3 is 8.83 Å². The monoisotopic (exact) mass is 498 g/mol. The molecule has 0 unspecified atom stereocenters. The van der Waals surface area contributed by atoms with Crippen molar-refractivity contribution in [1.82, 2.24) is 40.3 Å². The largest absolute Gasteiger partial charge is 0.415 e. The quantitative estimate of drug-likeness (QED) is 0.301. The maximum atomic E-state index is 5.94. The number of aryl methyl sites for hydroxylation is 2. The zero-order chi connectivity index (χ0) is 25.6. The summed E-state index contributed by atoms with van der Waals surface area (Å²) in [5.41, 5.74) is 7.73. The van der Waals surface area contributed by atoms with Gasteiger partial charge in [-0.25, -0.2) is 9.97 Å². The molecule has 0 saturated carbocycles. The van der Waals surface area contributed by atoms with Crippen molar-refractivity contribution in [3.05, 3.63) is 84.2 Å². The molecule has 0 saturated heterocycles. The Balaban J connectivity index is 1.19. The highest BCUT2D eigenvalue weighted by Gasteiger charge is 2.17. The van der Waals surface area contributed by atoms with Crippen LogP contribution in [0.3, 0.4) is 0 Å². The molecule has 4 aromatic heterocycles. The molecule has 0 aliphatic rings. The lowest BCUT2D eigenvalue weighted by Crippen LogP contribution is -1.90. The lowest BCUT2D eigenvalue weighted by atomic mass is 10.1. The second-order valence-corrected chi connectivity index (χ2v) is 8.80. The van der Waals surface area contributed by atoms with Crippen molar-refractivity contribution >= 4 is 22.1 Å². The molecule has 10 nitrogen and oxygen atoms in total. The van der Waals surface area contributed by atoms with Gasteiger partial charge in [-0.1, -0.05) is 30.3 Å².